The van der Waals surface area contributed by atoms with Gasteiger partial charge in [0.05, 0.1) is 6.10 Å². The highest BCUT2D eigenvalue weighted by atomic mass is 16.7. The maximum atomic E-state index is 11.8. The molecule has 3 rings (SSSR count). The molecule has 0 saturated heterocycles. The third kappa shape index (κ3) is 1.71. The maximum absolute atomic E-state index is 11.8. The van der Waals surface area contributed by atoms with Crippen LogP contribution in [0.2, 0.25) is 0 Å². The monoisotopic (exact) mass is 278 g/mol. The van der Waals surface area contributed by atoms with E-state index in [1.54, 1.807) is 13.2 Å². The van der Waals surface area contributed by atoms with Crippen LogP contribution in [0.5, 0.6) is 0 Å². The molecule has 20 heavy (non-hydrogen) atoms. The number of methoxy groups -OCH3 is 1. The number of fused-ring (bicyclic) bond motifs is 2. The van der Waals surface area contributed by atoms with Crippen LogP contribution in [0.1, 0.15) is 33.6 Å². The quantitative estimate of drug-likeness (QED) is 0.590. The van der Waals surface area contributed by atoms with Gasteiger partial charge in [0, 0.05) is 25.2 Å². The van der Waals surface area contributed by atoms with Crippen LogP contribution in [0.15, 0.2) is 23.3 Å². The van der Waals surface area contributed by atoms with Gasteiger partial charge in [-0.05, 0) is 36.2 Å². The summed E-state index contributed by atoms with van der Waals surface area (Å²) < 4.78 is 11.1. The van der Waals surface area contributed by atoms with Gasteiger partial charge in [-0.1, -0.05) is 19.9 Å². The fourth-order valence-corrected chi connectivity index (χ4v) is 4.25. The first-order valence-corrected chi connectivity index (χ1v) is 7.17. The van der Waals surface area contributed by atoms with E-state index in [0.29, 0.717) is 12.3 Å². The van der Waals surface area contributed by atoms with Gasteiger partial charge in [0.2, 0.25) is 5.79 Å². The Morgan fingerprint density at radius 1 is 1.45 bits per heavy atom. The van der Waals surface area contributed by atoms with E-state index in [1.165, 1.54) is 0 Å². The summed E-state index contributed by atoms with van der Waals surface area (Å²) in [5.41, 5.74) is 1.69. The summed E-state index contributed by atoms with van der Waals surface area (Å²) in [6.07, 6.45) is 4.69. The zero-order chi connectivity index (χ0) is 14.7. The standard InChI is InChI=1S/C16H22O4/c1-9-5-10-8-16(19-4)13(7-14(18)20-16)15(2,3)11(10)6-12(9)17/h5,7,10-12,17H,6,8H2,1-4H3/t10-,11-,12-,16+/m1/s1. The van der Waals surface area contributed by atoms with Gasteiger partial charge in [-0.3, -0.25) is 0 Å². The summed E-state index contributed by atoms with van der Waals surface area (Å²) in [4.78, 5) is 11.8. The lowest BCUT2D eigenvalue weighted by atomic mass is 9.55. The summed E-state index contributed by atoms with van der Waals surface area (Å²) in [5.74, 6) is -0.683. The van der Waals surface area contributed by atoms with E-state index in [1.807, 2.05) is 6.92 Å². The van der Waals surface area contributed by atoms with Crippen LogP contribution in [-0.2, 0) is 14.3 Å². The van der Waals surface area contributed by atoms with Crippen molar-refractivity contribution >= 4 is 5.97 Å². The van der Waals surface area contributed by atoms with Gasteiger partial charge in [-0.15, -0.1) is 0 Å². The van der Waals surface area contributed by atoms with E-state index < -0.39 is 5.79 Å². The second-order valence-corrected chi connectivity index (χ2v) is 6.79. The number of ether oxygens (including phenoxy) is 2. The predicted molar refractivity (Wildman–Crippen MR) is 73.7 cm³/mol. The Kier molecular flexibility index (Phi) is 2.89. The SMILES string of the molecule is CO[C@]12C[C@H]3C=C(C)[C@H](O)C[C@H]3C(C)(C)C1=CC(=O)O2. The second kappa shape index (κ2) is 4.18. The molecule has 110 valence electrons. The van der Waals surface area contributed by atoms with Crippen LogP contribution in [0.3, 0.4) is 0 Å². The highest BCUT2D eigenvalue weighted by Gasteiger charge is 2.59. The molecule has 1 N–H and O–H groups in total. The van der Waals surface area contributed by atoms with Crippen LogP contribution in [0.4, 0.5) is 0 Å². The Balaban J connectivity index is 2.09. The average Bonchev–Trinajstić information content (AvgIpc) is 2.71. The van der Waals surface area contributed by atoms with Gasteiger partial charge in [-0.25, -0.2) is 4.79 Å². The highest BCUT2D eigenvalue weighted by molar-refractivity contribution is 5.87. The van der Waals surface area contributed by atoms with Gasteiger partial charge in [-0.2, -0.15) is 0 Å². The first kappa shape index (κ1) is 13.8. The predicted octanol–water partition coefficient (Wildman–Crippen LogP) is 2.19. The topological polar surface area (TPSA) is 55.8 Å². The summed E-state index contributed by atoms with van der Waals surface area (Å²) in [6.45, 7) is 6.19. The van der Waals surface area contributed by atoms with Crippen molar-refractivity contribution in [1.82, 2.24) is 0 Å². The smallest absolute Gasteiger partial charge is 0.333 e. The summed E-state index contributed by atoms with van der Waals surface area (Å²) >= 11 is 0. The van der Waals surface area contributed by atoms with Gasteiger partial charge in [0.15, 0.2) is 0 Å². The zero-order valence-electron chi connectivity index (χ0n) is 12.5. The first-order valence-electron chi connectivity index (χ1n) is 7.17. The van der Waals surface area contributed by atoms with Crippen LogP contribution in [0.25, 0.3) is 0 Å². The molecule has 0 aromatic carbocycles. The van der Waals surface area contributed by atoms with E-state index in [4.69, 9.17) is 9.47 Å². The van der Waals surface area contributed by atoms with Gasteiger partial charge >= 0.3 is 5.97 Å². The van der Waals surface area contributed by atoms with Crippen molar-refractivity contribution in [1.29, 1.82) is 0 Å². The number of carbonyl (C=O) groups is 1. The molecule has 1 saturated carbocycles. The third-order valence-corrected chi connectivity index (χ3v) is 5.39. The largest absolute Gasteiger partial charge is 0.426 e. The molecule has 1 heterocycles. The number of rotatable bonds is 1. The summed E-state index contributed by atoms with van der Waals surface area (Å²) in [5, 5.41) is 10.1. The summed E-state index contributed by atoms with van der Waals surface area (Å²) in [7, 11) is 1.59. The number of hydrogen-bond acceptors (Lipinski definition) is 4. The Morgan fingerprint density at radius 2 is 2.15 bits per heavy atom. The van der Waals surface area contributed by atoms with E-state index in [0.717, 1.165) is 17.6 Å². The molecule has 4 nitrogen and oxygen atoms in total. The van der Waals surface area contributed by atoms with Crippen LogP contribution < -0.4 is 0 Å². The molecule has 0 spiro atoms. The number of aliphatic hydroxyl groups excluding tert-OH is 1. The second-order valence-electron chi connectivity index (χ2n) is 6.79. The molecule has 4 heteroatoms. The number of hydrogen-bond donors (Lipinski definition) is 1. The summed E-state index contributed by atoms with van der Waals surface area (Å²) in [6, 6.07) is 0. The van der Waals surface area contributed by atoms with E-state index >= 15 is 0 Å². The molecule has 0 amide bonds. The zero-order valence-corrected chi connectivity index (χ0v) is 12.5. The van der Waals surface area contributed by atoms with Gasteiger partial charge in [0.1, 0.15) is 0 Å². The molecule has 1 aliphatic heterocycles. The van der Waals surface area contributed by atoms with E-state index in [-0.39, 0.29) is 23.4 Å². The lowest BCUT2D eigenvalue weighted by Gasteiger charge is -2.52. The highest BCUT2D eigenvalue weighted by Crippen LogP contribution is 2.58. The molecule has 2 aliphatic carbocycles. The van der Waals surface area contributed by atoms with E-state index in [2.05, 4.69) is 19.9 Å². The van der Waals surface area contributed by atoms with Crippen molar-refractivity contribution in [3.63, 3.8) is 0 Å². The minimum atomic E-state index is -0.916. The normalized spacial score (nSPS) is 42.2. The fraction of sp³-hybridized carbons (Fsp3) is 0.688. The van der Waals surface area contributed by atoms with Gasteiger partial charge < -0.3 is 14.6 Å². The number of aliphatic hydroxyl groups is 1. The molecule has 0 aromatic heterocycles. The number of allylic oxidation sites excluding steroid dienone is 1. The maximum Gasteiger partial charge on any atom is 0.333 e. The van der Waals surface area contributed by atoms with Crippen molar-refractivity contribution in [3.05, 3.63) is 23.3 Å². The van der Waals surface area contributed by atoms with Crippen LogP contribution in [0, 0.1) is 17.3 Å². The van der Waals surface area contributed by atoms with E-state index in [9.17, 15) is 9.90 Å². The Morgan fingerprint density at radius 3 is 2.80 bits per heavy atom. The molecule has 0 radical (unpaired) electrons. The molecule has 1 fully saturated rings. The van der Waals surface area contributed by atoms with Crippen molar-refractivity contribution in [2.24, 2.45) is 17.3 Å². The van der Waals surface area contributed by atoms with Crippen molar-refractivity contribution in [3.8, 4) is 0 Å². The molecule has 4 atom stereocenters. The molecule has 3 aliphatic rings. The van der Waals surface area contributed by atoms with Crippen molar-refractivity contribution in [2.75, 3.05) is 7.11 Å². The van der Waals surface area contributed by atoms with Crippen LogP contribution >= 0.6 is 0 Å². The average molecular weight is 278 g/mol. The minimum absolute atomic E-state index is 0.233. The third-order valence-electron chi connectivity index (χ3n) is 5.39. The number of carbonyl (C=O) groups excluding carboxylic acids is 1. The fourth-order valence-electron chi connectivity index (χ4n) is 4.25. The molecular weight excluding hydrogens is 256 g/mol. The van der Waals surface area contributed by atoms with Gasteiger partial charge in [0.25, 0.3) is 0 Å². The lowest BCUT2D eigenvalue weighted by molar-refractivity contribution is -0.215. The Labute approximate surface area is 119 Å². The molecule has 0 bridgehead atoms. The van der Waals surface area contributed by atoms with Crippen molar-refractivity contribution in [2.45, 2.75) is 45.5 Å². The molecule has 0 aromatic rings. The minimum Gasteiger partial charge on any atom is -0.426 e. The first-order chi connectivity index (χ1) is 9.30. The number of esters is 1. The molecule has 0 unspecified atom stereocenters. The molecular formula is C16H22O4. The van der Waals surface area contributed by atoms with Crippen LogP contribution in [-0.4, -0.2) is 30.1 Å². The Hall–Kier alpha value is -1.13. The Bertz CT molecular complexity index is 517. The lowest BCUT2D eigenvalue weighted by Crippen LogP contribution is -2.52. The van der Waals surface area contributed by atoms with Crippen molar-refractivity contribution < 1.29 is 19.4 Å².